The summed E-state index contributed by atoms with van der Waals surface area (Å²) in [4.78, 5) is 26.3. The number of nitrogens with one attached hydrogen (secondary N) is 1. The van der Waals surface area contributed by atoms with E-state index in [1.807, 2.05) is 0 Å². The van der Waals surface area contributed by atoms with Gasteiger partial charge in [0, 0.05) is 0 Å². The number of hydrogen-bond donors (Lipinski definition) is 2. The number of carboxylic acids is 1. The van der Waals surface area contributed by atoms with Gasteiger partial charge in [-0.25, -0.2) is 9.67 Å². The summed E-state index contributed by atoms with van der Waals surface area (Å²) in [5.41, 5.74) is 1.09. The van der Waals surface area contributed by atoms with E-state index >= 15 is 0 Å². The smallest absolute Gasteiger partial charge is 0.315 e. The molecule has 0 aliphatic carbocycles. The van der Waals surface area contributed by atoms with Crippen molar-refractivity contribution < 1.29 is 14.7 Å². The highest BCUT2D eigenvalue weighted by molar-refractivity contribution is 6.04. The van der Waals surface area contributed by atoms with Crippen LogP contribution in [0.25, 0.3) is 5.69 Å². The molecule has 2 rings (SSSR count). The Kier molecular flexibility index (Phi) is 3.56. The van der Waals surface area contributed by atoms with Gasteiger partial charge in [0.2, 0.25) is 5.91 Å². The van der Waals surface area contributed by atoms with Crippen molar-refractivity contribution in [1.82, 2.24) is 14.8 Å². The molecule has 0 fully saturated rings. The third kappa shape index (κ3) is 2.76. The first kappa shape index (κ1) is 12.7. The molecule has 2 N–H and O–H groups in total. The van der Waals surface area contributed by atoms with Crippen LogP contribution in [-0.2, 0) is 9.59 Å². The van der Waals surface area contributed by atoms with Crippen LogP contribution in [0.2, 0.25) is 0 Å². The Morgan fingerprint density at radius 2 is 2.11 bits per heavy atom. The number of aliphatic carboxylic acids is 1. The number of anilines is 1. The summed E-state index contributed by atoms with van der Waals surface area (Å²) in [6.07, 6.45) is 2.87. The van der Waals surface area contributed by atoms with Gasteiger partial charge in [0.15, 0.2) is 0 Å². The molecule has 0 spiro atoms. The summed E-state index contributed by atoms with van der Waals surface area (Å²) in [5, 5.41) is 15.3. The van der Waals surface area contributed by atoms with Gasteiger partial charge >= 0.3 is 5.97 Å². The number of carbonyl (C=O) groups is 2. The molecule has 0 aliphatic rings. The number of benzene rings is 1. The van der Waals surface area contributed by atoms with Crippen molar-refractivity contribution in [1.29, 1.82) is 0 Å². The minimum atomic E-state index is -1.17. The lowest BCUT2D eigenvalue weighted by Gasteiger charge is -2.12. The van der Waals surface area contributed by atoms with E-state index in [1.54, 1.807) is 24.3 Å². The fourth-order valence-electron chi connectivity index (χ4n) is 1.46. The third-order valence-electron chi connectivity index (χ3n) is 2.59. The van der Waals surface area contributed by atoms with Gasteiger partial charge in [-0.2, -0.15) is 5.10 Å². The quantitative estimate of drug-likeness (QED) is 0.797. The lowest BCUT2D eigenvalue weighted by Crippen LogP contribution is -2.27. The number of para-hydroxylation sites is 2. The first-order valence-electron chi connectivity index (χ1n) is 5.57. The number of hydrogen-bond acceptors (Lipinski definition) is 4. The van der Waals surface area contributed by atoms with Gasteiger partial charge in [0.1, 0.15) is 18.6 Å². The van der Waals surface area contributed by atoms with Crippen molar-refractivity contribution in [2.24, 2.45) is 5.92 Å². The largest absolute Gasteiger partial charge is 0.481 e. The van der Waals surface area contributed by atoms with Crippen LogP contribution in [0.15, 0.2) is 36.9 Å². The minimum Gasteiger partial charge on any atom is -0.481 e. The fraction of sp³-hybridized carbons (Fsp3) is 0.167. The molecule has 19 heavy (non-hydrogen) atoms. The van der Waals surface area contributed by atoms with Crippen molar-refractivity contribution >= 4 is 17.6 Å². The van der Waals surface area contributed by atoms with Crippen molar-refractivity contribution in [3.63, 3.8) is 0 Å². The zero-order valence-electron chi connectivity index (χ0n) is 10.1. The topological polar surface area (TPSA) is 97.1 Å². The molecule has 1 aromatic heterocycles. The minimum absolute atomic E-state index is 0.478. The van der Waals surface area contributed by atoms with E-state index < -0.39 is 17.8 Å². The molecule has 7 heteroatoms. The number of nitrogens with zero attached hydrogens (tertiary/aromatic N) is 3. The maximum atomic E-state index is 11.7. The molecule has 0 saturated heterocycles. The van der Waals surface area contributed by atoms with Crippen LogP contribution in [0, 0.1) is 5.92 Å². The summed E-state index contributed by atoms with van der Waals surface area (Å²) in [7, 11) is 0. The standard InChI is InChI=1S/C12H12N4O3/c1-8(12(18)19)11(17)15-9-4-2-3-5-10(9)16-7-13-6-14-16/h2-8H,1H3,(H,15,17)(H,18,19). The van der Waals surface area contributed by atoms with E-state index in [9.17, 15) is 9.59 Å². The van der Waals surface area contributed by atoms with Gasteiger partial charge in [-0.15, -0.1) is 0 Å². The Morgan fingerprint density at radius 3 is 2.74 bits per heavy atom. The van der Waals surface area contributed by atoms with E-state index in [0.29, 0.717) is 11.4 Å². The Hall–Kier alpha value is -2.70. The van der Waals surface area contributed by atoms with Crippen molar-refractivity contribution in [3.8, 4) is 5.69 Å². The van der Waals surface area contributed by atoms with Gasteiger partial charge in [-0.1, -0.05) is 12.1 Å². The molecule has 0 aliphatic heterocycles. The van der Waals surface area contributed by atoms with Crippen LogP contribution in [0.4, 0.5) is 5.69 Å². The van der Waals surface area contributed by atoms with Gasteiger partial charge < -0.3 is 10.4 Å². The summed E-state index contributed by atoms with van der Waals surface area (Å²) in [6.45, 7) is 1.33. The maximum Gasteiger partial charge on any atom is 0.315 e. The van der Waals surface area contributed by atoms with E-state index in [-0.39, 0.29) is 0 Å². The molecule has 1 unspecified atom stereocenters. The molecular weight excluding hydrogens is 248 g/mol. The molecule has 1 amide bonds. The SMILES string of the molecule is CC(C(=O)O)C(=O)Nc1ccccc1-n1cncn1. The van der Waals surface area contributed by atoms with Crippen molar-refractivity contribution in [3.05, 3.63) is 36.9 Å². The Bertz CT molecular complexity index is 595. The average molecular weight is 260 g/mol. The zero-order valence-corrected chi connectivity index (χ0v) is 10.1. The predicted molar refractivity (Wildman–Crippen MR) is 66.8 cm³/mol. The first-order chi connectivity index (χ1) is 9.09. The van der Waals surface area contributed by atoms with Gasteiger partial charge in [-0.05, 0) is 19.1 Å². The Balaban J connectivity index is 2.27. The van der Waals surface area contributed by atoms with Crippen LogP contribution < -0.4 is 5.32 Å². The summed E-state index contributed by atoms with van der Waals surface area (Å²) >= 11 is 0. The van der Waals surface area contributed by atoms with Crippen LogP contribution in [0.5, 0.6) is 0 Å². The second-order valence-electron chi connectivity index (χ2n) is 3.91. The molecule has 1 atom stereocenters. The number of aromatic nitrogens is 3. The predicted octanol–water partition coefficient (Wildman–Crippen LogP) is 0.926. The second-order valence-corrected chi connectivity index (χ2v) is 3.91. The van der Waals surface area contributed by atoms with Crippen molar-refractivity contribution in [2.45, 2.75) is 6.92 Å². The number of carboxylic acid groups (broad SMARTS) is 1. The molecule has 0 radical (unpaired) electrons. The highest BCUT2D eigenvalue weighted by atomic mass is 16.4. The molecule has 0 saturated carbocycles. The summed E-state index contributed by atoms with van der Waals surface area (Å²) < 4.78 is 1.49. The van der Waals surface area contributed by atoms with Crippen LogP contribution in [-0.4, -0.2) is 31.7 Å². The van der Waals surface area contributed by atoms with Crippen molar-refractivity contribution in [2.75, 3.05) is 5.32 Å². The monoisotopic (exact) mass is 260 g/mol. The van der Waals surface area contributed by atoms with Gasteiger partial charge in [0.25, 0.3) is 0 Å². The van der Waals surface area contributed by atoms with Gasteiger partial charge in [0.05, 0.1) is 11.4 Å². The highest BCUT2D eigenvalue weighted by Crippen LogP contribution is 2.19. The fourth-order valence-corrected chi connectivity index (χ4v) is 1.46. The molecular formula is C12H12N4O3. The Labute approximate surface area is 108 Å². The van der Waals surface area contributed by atoms with E-state index in [2.05, 4.69) is 15.4 Å². The first-order valence-corrected chi connectivity index (χ1v) is 5.57. The molecule has 2 aromatic rings. The molecule has 98 valence electrons. The van der Waals surface area contributed by atoms with E-state index in [4.69, 9.17) is 5.11 Å². The molecule has 0 bridgehead atoms. The average Bonchev–Trinajstić information content (AvgIpc) is 2.92. The maximum absolute atomic E-state index is 11.7. The Morgan fingerprint density at radius 1 is 1.37 bits per heavy atom. The van der Waals surface area contributed by atoms with Crippen LogP contribution >= 0.6 is 0 Å². The lowest BCUT2D eigenvalue weighted by atomic mass is 10.1. The van der Waals surface area contributed by atoms with Gasteiger partial charge in [-0.3, -0.25) is 9.59 Å². The zero-order chi connectivity index (χ0) is 13.8. The number of carbonyl (C=O) groups excluding carboxylic acids is 1. The summed E-state index contributed by atoms with van der Waals surface area (Å²) in [6, 6.07) is 6.94. The van der Waals surface area contributed by atoms with E-state index in [0.717, 1.165) is 0 Å². The summed E-state index contributed by atoms with van der Waals surface area (Å²) in [5.74, 6) is -2.88. The molecule has 7 nitrogen and oxygen atoms in total. The highest BCUT2D eigenvalue weighted by Gasteiger charge is 2.21. The normalized spacial score (nSPS) is 11.8. The second kappa shape index (κ2) is 5.30. The number of amides is 1. The lowest BCUT2D eigenvalue weighted by molar-refractivity contribution is -0.144. The van der Waals surface area contributed by atoms with E-state index in [1.165, 1.54) is 24.3 Å². The number of rotatable bonds is 4. The molecule has 1 aromatic carbocycles. The third-order valence-corrected chi connectivity index (χ3v) is 2.59. The molecule has 1 heterocycles. The van der Waals surface area contributed by atoms with Crippen LogP contribution in [0.1, 0.15) is 6.92 Å². The van der Waals surface area contributed by atoms with Crippen LogP contribution in [0.3, 0.4) is 0 Å².